The Balaban J connectivity index is 2.99. The number of hydrogen-bond donors (Lipinski definition) is 1. The quantitative estimate of drug-likeness (QED) is 0.822. The van der Waals surface area contributed by atoms with Gasteiger partial charge in [0, 0.05) is 12.1 Å². The lowest BCUT2D eigenvalue weighted by molar-refractivity contribution is 0.406. The zero-order valence-corrected chi connectivity index (χ0v) is 9.89. The standard InChI is InChI=1S/C13H15F2NO/c1-3-4-9(16)5-6-11-12(14)7-10(17-2)8-13(11)15/h7-9H,3-4,16H2,1-2H3. The molecule has 0 bridgehead atoms. The molecule has 0 saturated heterocycles. The molecule has 0 saturated carbocycles. The normalized spacial score (nSPS) is 11.6. The summed E-state index contributed by atoms with van der Waals surface area (Å²) in [6.45, 7) is 1.97. The molecule has 2 N–H and O–H groups in total. The van der Waals surface area contributed by atoms with Crippen LogP contribution in [0.4, 0.5) is 8.78 Å². The molecule has 2 nitrogen and oxygen atoms in total. The van der Waals surface area contributed by atoms with Crippen molar-refractivity contribution in [3.63, 3.8) is 0 Å². The number of ether oxygens (including phenoxy) is 1. The van der Waals surface area contributed by atoms with Crippen molar-refractivity contribution in [1.82, 2.24) is 0 Å². The third-order valence-electron chi connectivity index (χ3n) is 2.23. The fourth-order valence-corrected chi connectivity index (χ4v) is 1.34. The third kappa shape index (κ3) is 3.72. The Labute approximate surface area is 99.8 Å². The topological polar surface area (TPSA) is 35.2 Å². The highest BCUT2D eigenvalue weighted by atomic mass is 19.1. The lowest BCUT2D eigenvalue weighted by Crippen LogP contribution is -2.16. The molecule has 17 heavy (non-hydrogen) atoms. The minimum absolute atomic E-state index is 0.128. The molecule has 1 aromatic rings. The first-order chi connectivity index (χ1) is 8.08. The van der Waals surface area contributed by atoms with E-state index in [4.69, 9.17) is 10.5 Å². The second-order valence-electron chi connectivity index (χ2n) is 3.63. The van der Waals surface area contributed by atoms with Gasteiger partial charge in [-0.1, -0.05) is 25.2 Å². The van der Waals surface area contributed by atoms with Crippen molar-refractivity contribution in [3.8, 4) is 17.6 Å². The third-order valence-corrected chi connectivity index (χ3v) is 2.23. The predicted octanol–water partition coefficient (Wildman–Crippen LogP) is 2.45. The number of benzene rings is 1. The number of methoxy groups -OCH3 is 1. The molecule has 1 atom stereocenters. The largest absolute Gasteiger partial charge is 0.497 e. The van der Waals surface area contributed by atoms with E-state index in [1.165, 1.54) is 7.11 Å². The molecule has 1 rings (SSSR count). The van der Waals surface area contributed by atoms with Crippen LogP contribution in [0.3, 0.4) is 0 Å². The smallest absolute Gasteiger partial charge is 0.145 e. The number of hydrogen-bond acceptors (Lipinski definition) is 2. The molecule has 0 aromatic heterocycles. The molecule has 0 aliphatic carbocycles. The van der Waals surface area contributed by atoms with Crippen molar-refractivity contribution in [2.75, 3.05) is 7.11 Å². The summed E-state index contributed by atoms with van der Waals surface area (Å²) < 4.78 is 31.7. The van der Waals surface area contributed by atoms with E-state index in [0.29, 0.717) is 6.42 Å². The van der Waals surface area contributed by atoms with Crippen LogP contribution < -0.4 is 10.5 Å². The van der Waals surface area contributed by atoms with Gasteiger partial charge in [-0.25, -0.2) is 8.78 Å². The highest BCUT2D eigenvalue weighted by Gasteiger charge is 2.09. The van der Waals surface area contributed by atoms with Gasteiger partial charge >= 0.3 is 0 Å². The minimum atomic E-state index is -0.738. The zero-order valence-electron chi connectivity index (χ0n) is 9.89. The average Bonchev–Trinajstić information content (AvgIpc) is 2.28. The SMILES string of the molecule is CCCC(N)C#Cc1c(F)cc(OC)cc1F. The van der Waals surface area contributed by atoms with Crippen LogP contribution in [-0.4, -0.2) is 13.2 Å². The Morgan fingerprint density at radius 2 is 1.94 bits per heavy atom. The van der Waals surface area contributed by atoms with Crippen LogP contribution in [-0.2, 0) is 0 Å². The van der Waals surface area contributed by atoms with Gasteiger partial charge in [0.05, 0.1) is 18.7 Å². The van der Waals surface area contributed by atoms with Crippen molar-refractivity contribution < 1.29 is 13.5 Å². The van der Waals surface area contributed by atoms with Gasteiger partial charge in [0.25, 0.3) is 0 Å². The molecule has 0 heterocycles. The molecule has 0 fully saturated rings. The first-order valence-electron chi connectivity index (χ1n) is 5.38. The van der Waals surface area contributed by atoms with Gasteiger partial charge in [0.2, 0.25) is 0 Å². The molecular weight excluding hydrogens is 224 g/mol. The zero-order chi connectivity index (χ0) is 12.8. The van der Waals surface area contributed by atoms with Crippen molar-refractivity contribution in [1.29, 1.82) is 0 Å². The van der Waals surface area contributed by atoms with E-state index in [0.717, 1.165) is 18.6 Å². The molecule has 1 aromatic carbocycles. The maximum absolute atomic E-state index is 13.5. The van der Waals surface area contributed by atoms with Crippen molar-refractivity contribution in [2.24, 2.45) is 5.73 Å². The molecule has 92 valence electrons. The van der Waals surface area contributed by atoms with Gasteiger partial charge in [-0.05, 0) is 6.42 Å². The van der Waals surface area contributed by atoms with E-state index in [1.54, 1.807) is 0 Å². The predicted molar refractivity (Wildman–Crippen MR) is 62.7 cm³/mol. The molecule has 0 aliphatic heterocycles. The summed E-state index contributed by atoms with van der Waals surface area (Å²) >= 11 is 0. The fraction of sp³-hybridized carbons (Fsp3) is 0.385. The Morgan fingerprint density at radius 1 is 1.35 bits per heavy atom. The summed E-state index contributed by atoms with van der Waals surface area (Å²) in [5.41, 5.74) is 5.38. The summed E-state index contributed by atoms with van der Waals surface area (Å²) in [7, 11) is 1.34. The van der Waals surface area contributed by atoms with Crippen LogP contribution in [0.25, 0.3) is 0 Å². The number of halogens is 2. The Hall–Kier alpha value is -1.60. The highest BCUT2D eigenvalue weighted by Crippen LogP contribution is 2.19. The second kappa shape index (κ2) is 6.21. The van der Waals surface area contributed by atoms with Gasteiger partial charge in [-0.15, -0.1) is 0 Å². The second-order valence-corrected chi connectivity index (χ2v) is 3.63. The van der Waals surface area contributed by atoms with E-state index >= 15 is 0 Å². The van der Waals surface area contributed by atoms with Gasteiger partial charge in [0.1, 0.15) is 17.4 Å². The number of rotatable bonds is 3. The molecule has 0 radical (unpaired) electrons. The Morgan fingerprint density at radius 3 is 2.41 bits per heavy atom. The summed E-state index contributed by atoms with van der Waals surface area (Å²) in [5, 5.41) is 0. The van der Waals surface area contributed by atoms with Crippen molar-refractivity contribution in [3.05, 3.63) is 29.3 Å². The molecular formula is C13H15F2NO. The minimum Gasteiger partial charge on any atom is -0.497 e. The van der Waals surface area contributed by atoms with E-state index < -0.39 is 11.6 Å². The van der Waals surface area contributed by atoms with Crippen molar-refractivity contribution >= 4 is 0 Å². The Bertz CT molecular complexity index is 425. The molecule has 0 aliphatic rings. The summed E-state index contributed by atoms with van der Waals surface area (Å²) in [6, 6.07) is 1.83. The van der Waals surface area contributed by atoms with E-state index in [9.17, 15) is 8.78 Å². The first-order valence-corrected chi connectivity index (χ1v) is 5.38. The maximum Gasteiger partial charge on any atom is 0.145 e. The van der Waals surface area contributed by atoms with Crippen LogP contribution in [0.15, 0.2) is 12.1 Å². The fourth-order valence-electron chi connectivity index (χ4n) is 1.34. The molecule has 1 unspecified atom stereocenters. The Kier molecular flexibility index (Phi) is 4.92. The van der Waals surface area contributed by atoms with Crippen LogP contribution in [0.1, 0.15) is 25.3 Å². The van der Waals surface area contributed by atoms with Gasteiger partial charge < -0.3 is 10.5 Å². The van der Waals surface area contributed by atoms with E-state index in [2.05, 4.69) is 11.8 Å². The van der Waals surface area contributed by atoms with E-state index in [1.807, 2.05) is 6.92 Å². The molecule has 4 heteroatoms. The summed E-state index contributed by atoms with van der Waals surface area (Å²) in [5.74, 6) is 3.71. The average molecular weight is 239 g/mol. The van der Waals surface area contributed by atoms with Gasteiger partial charge in [-0.2, -0.15) is 0 Å². The van der Waals surface area contributed by atoms with Crippen LogP contribution in [0.2, 0.25) is 0 Å². The maximum atomic E-state index is 13.5. The first kappa shape index (κ1) is 13.5. The lowest BCUT2D eigenvalue weighted by Gasteiger charge is -2.03. The monoisotopic (exact) mass is 239 g/mol. The van der Waals surface area contributed by atoms with Crippen molar-refractivity contribution in [2.45, 2.75) is 25.8 Å². The lowest BCUT2D eigenvalue weighted by atomic mass is 10.1. The summed E-state index contributed by atoms with van der Waals surface area (Å²) in [4.78, 5) is 0. The van der Waals surface area contributed by atoms with Gasteiger partial charge in [-0.3, -0.25) is 0 Å². The van der Waals surface area contributed by atoms with Crippen LogP contribution in [0, 0.1) is 23.5 Å². The highest BCUT2D eigenvalue weighted by molar-refractivity contribution is 5.41. The number of nitrogens with two attached hydrogens (primary N) is 1. The molecule has 0 amide bonds. The van der Waals surface area contributed by atoms with E-state index in [-0.39, 0.29) is 17.4 Å². The summed E-state index contributed by atoms with van der Waals surface area (Å²) in [6.07, 6.45) is 1.58. The van der Waals surface area contributed by atoms with Gasteiger partial charge in [0.15, 0.2) is 0 Å². The van der Waals surface area contributed by atoms with Crippen LogP contribution in [0.5, 0.6) is 5.75 Å². The molecule has 0 spiro atoms. The van der Waals surface area contributed by atoms with Crippen LogP contribution >= 0.6 is 0 Å².